The number of rotatable bonds is 5. The van der Waals surface area contributed by atoms with Gasteiger partial charge in [-0.25, -0.2) is 20.7 Å². The zero-order valence-electron chi connectivity index (χ0n) is 13.0. The Morgan fingerprint density at radius 1 is 1.38 bits per heavy atom. The summed E-state index contributed by atoms with van der Waals surface area (Å²) in [7, 11) is 0. The van der Waals surface area contributed by atoms with E-state index in [4.69, 9.17) is 16.1 Å². The van der Waals surface area contributed by atoms with Gasteiger partial charge in [0, 0.05) is 25.9 Å². The molecule has 5 N–H and O–H groups in total. The molecule has 2 aliphatic rings. The number of hydrazine groups is 2. The molecule has 0 spiro atoms. The molecule has 0 unspecified atom stereocenters. The topological polar surface area (TPSA) is 157 Å². The van der Waals surface area contributed by atoms with Crippen LogP contribution in [0.25, 0.3) is 0 Å². The van der Waals surface area contributed by atoms with Gasteiger partial charge >= 0.3 is 6.03 Å². The van der Waals surface area contributed by atoms with E-state index in [1.807, 2.05) is 0 Å². The van der Waals surface area contributed by atoms with Crippen LogP contribution in [-0.4, -0.2) is 80.8 Å². The lowest BCUT2D eigenvalue weighted by atomic mass is 10.1. The lowest BCUT2D eigenvalue weighted by Crippen LogP contribution is -2.64. The fourth-order valence-corrected chi connectivity index (χ4v) is 2.78. The molecule has 4 amide bonds. The maximum Gasteiger partial charge on any atom is 0.353 e. The Kier molecular flexibility index (Phi) is 5.70. The van der Waals surface area contributed by atoms with Crippen molar-refractivity contribution in [2.75, 3.05) is 13.1 Å². The van der Waals surface area contributed by atoms with Gasteiger partial charge < -0.3 is 20.3 Å². The number of hydrogen-bond donors (Lipinski definition) is 4. The number of carbonyl (C=O) groups excluding carboxylic acids is 4. The molecule has 2 aliphatic heterocycles. The van der Waals surface area contributed by atoms with Crippen LogP contribution in [0.4, 0.5) is 4.79 Å². The number of aldehydes is 1. The normalized spacial score (nSPS) is 23.0. The number of fused-ring (bicyclic) bond motifs is 1. The van der Waals surface area contributed by atoms with Crippen LogP contribution in [-0.2, 0) is 14.4 Å². The largest absolute Gasteiger partial charge is 0.368 e. The number of nitrogens with one attached hydrogen (secondary N) is 1. The molecule has 0 aromatic carbocycles. The Labute approximate surface area is 137 Å². The molecule has 2 rings (SSSR count). The first-order valence-electron chi connectivity index (χ1n) is 7.62. The van der Waals surface area contributed by atoms with Gasteiger partial charge in [0.2, 0.25) is 11.8 Å². The highest BCUT2D eigenvalue weighted by Crippen LogP contribution is 2.23. The minimum absolute atomic E-state index is 0.0483. The Bertz CT molecular complexity index is 527. The van der Waals surface area contributed by atoms with Crippen molar-refractivity contribution < 1.29 is 29.4 Å². The van der Waals surface area contributed by atoms with Crippen molar-refractivity contribution in [2.45, 2.75) is 44.1 Å². The summed E-state index contributed by atoms with van der Waals surface area (Å²) in [4.78, 5) is 47.9. The van der Waals surface area contributed by atoms with Crippen LogP contribution >= 0.6 is 0 Å². The third-order valence-electron chi connectivity index (χ3n) is 3.96. The minimum atomic E-state index is -1.76. The van der Waals surface area contributed by atoms with Crippen molar-refractivity contribution in [2.24, 2.45) is 5.84 Å². The molecule has 0 radical (unpaired) electrons. The maximum atomic E-state index is 12.5. The van der Waals surface area contributed by atoms with Crippen LogP contribution in [0.15, 0.2) is 0 Å². The van der Waals surface area contributed by atoms with E-state index < -0.39 is 30.3 Å². The maximum absolute atomic E-state index is 12.5. The van der Waals surface area contributed by atoms with Gasteiger partial charge in [0.05, 0.1) is 6.04 Å². The minimum Gasteiger partial charge on any atom is -0.368 e. The van der Waals surface area contributed by atoms with E-state index in [-0.39, 0.29) is 25.3 Å². The molecule has 0 saturated carbocycles. The van der Waals surface area contributed by atoms with Gasteiger partial charge in [-0.05, 0) is 12.8 Å². The van der Waals surface area contributed by atoms with E-state index in [2.05, 4.69) is 5.32 Å². The van der Waals surface area contributed by atoms with Gasteiger partial charge in [0.1, 0.15) is 12.3 Å². The van der Waals surface area contributed by atoms with Crippen molar-refractivity contribution in [3.63, 3.8) is 0 Å². The third kappa shape index (κ3) is 3.80. The second-order valence-corrected chi connectivity index (χ2v) is 5.71. The summed E-state index contributed by atoms with van der Waals surface area (Å²) >= 11 is 0. The predicted molar refractivity (Wildman–Crippen MR) is 78.3 cm³/mol. The van der Waals surface area contributed by atoms with Gasteiger partial charge in [-0.3, -0.25) is 14.6 Å². The molecule has 0 bridgehead atoms. The van der Waals surface area contributed by atoms with E-state index >= 15 is 0 Å². The van der Waals surface area contributed by atoms with Gasteiger partial charge in [-0.15, -0.1) is 0 Å². The Morgan fingerprint density at radius 3 is 2.71 bits per heavy atom. The van der Waals surface area contributed by atoms with Crippen LogP contribution in [0.1, 0.15) is 25.7 Å². The van der Waals surface area contributed by atoms with E-state index in [0.717, 1.165) is 10.0 Å². The molecule has 0 aliphatic carbocycles. The van der Waals surface area contributed by atoms with Crippen molar-refractivity contribution in [3.05, 3.63) is 0 Å². The zero-order valence-corrected chi connectivity index (χ0v) is 13.0. The van der Waals surface area contributed by atoms with E-state index in [9.17, 15) is 19.2 Å². The lowest BCUT2D eigenvalue weighted by Gasteiger charge is -2.42. The SMILES string of the molecule is NN1CCC(=O)N2CCC[C@@H](C(=O)N[C@H](C=O)CC(O)O)N2C1=O. The Morgan fingerprint density at radius 2 is 2.08 bits per heavy atom. The summed E-state index contributed by atoms with van der Waals surface area (Å²) in [6.45, 7) is 0.349. The average molecular weight is 343 g/mol. The second-order valence-electron chi connectivity index (χ2n) is 5.71. The second kappa shape index (κ2) is 7.55. The molecule has 2 saturated heterocycles. The highest BCUT2D eigenvalue weighted by Gasteiger charge is 2.43. The summed E-state index contributed by atoms with van der Waals surface area (Å²) in [6, 6.07) is -2.79. The molecule has 2 fully saturated rings. The van der Waals surface area contributed by atoms with E-state index in [0.29, 0.717) is 25.7 Å². The number of hydrogen-bond acceptors (Lipinski definition) is 7. The summed E-state index contributed by atoms with van der Waals surface area (Å²) < 4.78 is 0. The molecule has 11 heteroatoms. The first-order chi connectivity index (χ1) is 11.3. The average Bonchev–Trinajstić information content (AvgIpc) is 2.66. The molecule has 11 nitrogen and oxygen atoms in total. The molecule has 2 heterocycles. The molecule has 0 aromatic rings. The summed E-state index contributed by atoms with van der Waals surface area (Å²) in [5, 5.41) is 23.3. The molecule has 0 aromatic heterocycles. The molecule has 134 valence electrons. The zero-order chi connectivity index (χ0) is 17.9. The monoisotopic (exact) mass is 343 g/mol. The Balaban J connectivity index is 2.18. The van der Waals surface area contributed by atoms with Crippen molar-refractivity contribution in [1.82, 2.24) is 20.3 Å². The fraction of sp³-hybridized carbons (Fsp3) is 0.692. The molecule has 24 heavy (non-hydrogen) atoms. The van der Waals surface area contributed by atoms with Crippen LogP contribution < -0.4 is 11.2 Å². The summed E-state index contributed by atoms with van der Waals surface area (Å²) in [5.41, 5.74) is 0. The number of amides is 4. The summed E-state index contributed by atoms with van der Waals surface area (Å²) in [5.74, 6) is 4.64. The van der Waals surface area contributed by atoms with E-state index in [1.165, 1.54) is 5.01 Å². The molecular weight excluding hydrogens is 322 g/mol. The highest BCUT2D eigenvalue weighted by atomic mass is 16.5. The number of aliphatic hydroxyl groups excluding tert-OH is 1. The number of aliphatic hydroxyl groups is 2. The van der Waals surface area contributed by atoms with Crippen molar-refractivity contribution in [3.8, 4) is 0 Å². The number of nitrogens with two attached hydrogens (primary N) is 1. The fourth-order valence-electron chi connectivity index (χ4n) is 2.78. The predicted octanol–water partition coefficient (Wildman–Crippen LogP) is -2.72. The number of nitrogens with zero attached hydrogens (tertiary/aromatic N) is 3. The van der Waals surface area contributed by atoms with Gasteiger partial charge in [0.25, 0.3) is 0 Å². The first kappa shape index (κ1) is 18.1. The first-order valence-corrected chi connectivity index (χ1v) is 7.62. The van der Waals surface area contributed by atoms with Gasteiger partial charge in [-0.1, -0.05) is 0 Å². The van der Waals surface area contributed by atoms with Crippen LogP contribution in [0, 0.1) is 0 Å². The van der Waals surface area contributed by atoms with Crippen molar-refractivity contribution >= 4 is 24.1 Å². The van der Waals surface area contributed by atoms with Gasteiger partial charge in [-0.2, -0.15) is 0 Å². The van der Waals surface area contributed by atoms with Crippen LogP contribution in [0.5, 0.6) is 0 Å². The summed E-state index contributed by atoms with van der Waals surface area (Å²) in [6.07, 6.45) is -0.899. The van der Waals surface area contributed by atoms with Crippen LogP contribution in [0.3, 0.4) is 0 Å². The Hall–Kier alpha value is -2.24. The third-order valence-corrected chi connectivity index (χ3v) is 3.96. The molecule has 2 atom stereocenters. The highest BCUT2D eigenvalue weighted by molar-refractivity contribution is 5.91. The standard InChI is InChI=1S/C13H21N5O6/c14-16-5-3-10(20)17-4-1-2-9(18(17)13(16)24)12(23)15-8(7-19)6-11(21)22/h7-9,11,21-22H,1-6,14H2,(H,15,23)/t8-,9-/m0/s1. The quantitative estimate of drug-likeness (QED) is 0.183. The van der Waals surface area contributed by atoms with Crippen LogP contribution in [0.2, 0.25) is 0 Å². The lowest BCUT2D eigenvalue weighted by molar-refractivity contribution is -0.155. The van der Waals surface area contributed by atoms with E-state index in [1.54, 1.807) is 0 Å². The smallest absolute Gasteiger partial charge is 0.353 e. The number of urea groups is 1. The number of carbonyl (C=O) groups is 4. The van der Waals surface area contributed by atoms with Gasteiger partial charge in [0.15, 0.2) is 6.29 Å². The molecular formula is C13H21N5O6. The van der Waals surface area contributed by atoms with Crippen molar-refractivity contribution in [1.29, 1.82) is 0 Å².